The lowest BCUT2D eigenvalue weighted by atomic mass is 10.1. The van der Waals surface area contributed by atoms with Gasteiger partial charge in [0.2, 0.25) is 0 Å². The monoisotopic (exact) mass is 335 g/mol. The van der Waals surface area contributed by atoms with Crippen LogP contribution in [0.2, 0.25) is 0 Å². The van der Waals surface area contributed by atoms with Gasteiger partial charge in [0.1, 0.15) is 0 Å². The van der Waals surface area contributed by atoms with Gasteiger partial charge in [0.05, 0.1) is 0 Å². The molecule has 0 bridgehead atoms. The van der Waals surface area contributed by atoms with Crippen molar-refractivity contribution in [3.8, 4) is 0 Å². The lowest BCUT2D eigenvalue weighted by Gasteiger charge is -2.03. The number of aromatic nitrogens is 1. The molecule has 0 saturated carbocycles. The number of hydrogen-bond donors (Lipinski definition) is 2. The van der Waals surface area contributed by atoms with E-state index >= 15 is 0 Å². The van der Waals surface area contributed by atoms with Crippen LogP contribution in [0, 0.1) is 0 Å². The Morgan fingerprint density at radius 3 is 1.68 bits per heavy atom. The number of benzene rings is 2. The van der Waals surface area contributed by atoms with Crippen molar-refractivity contribution in [2.45, 2.75) is 13.5 Å². The molecule has 0 saturated heterocycles. The number of carboxylic acids is 2. The molecule has 0 spiro atoms. The van der Waals surface area contributed by atoms with Gasteiger partial charge in [-0.2, -0.15) is 0 Å². The molecule has 2 N–H and O–H groups in total. The summed E-state index contributed by atoms with van der Waals surface area (Å²) in [5, 5.41) is 19.6. The standard InChI is InChI=1S/C20H17NO4/c1-2-21-17-7-3-13(5-9-19(22)23)11-15(17)16-12-14(4-8-18(16)21)6-10-20(24)25/h3-12H,2H2,1H3,(H,22,23)(H,24,25)/b9-5+,10-6+. The average Bonchev–Trinajstić information content (AvgIpc) is 2.90. The Morgan fingerprint density at radius 2 is 1.32 bits per heavy atom. The van der Waals surface area contributed by atoms with Gasteiger partial charge in [0.25, 0.3) is 0 Å². The van der Waals surface area contributed by atoms with E-state index in [1.807, 2.05) is 36.4 Å². The van der Waals surface area contributed by atoms with Crippen molar-refractivity contribution < 1.29 is 19.8 Å². The maximum absolute atomic E-state index is 10.7. The second-order valence-electron chi connectivity index (χ2n) is 5.64. The van der Waals surface area contributed by atoms with Crippen LogP contribution in [0.25, 0.3) is 34.0 Å². The highest BCUT2D eigenvalue weighted by atomic mass is 16.4. The normalized spacial score (nSPS) is 11.9. The SMILES string of the molecule is CCn1c2ccc(/C=C/C(=O)O)cc2c2cc(/C=C/C(=O)O)ccc21. The fourth-order valence-electron chi connectivity index (χ4n) is 3.02. The number of rotatable bonds is 5. The lowest BCUT2D eigenvalue weighted by Crippen LogP contribution is -1.92. The summed E-state index contributed by atoms with van der Waals surface area (Å²) in [4.78, 5) is 21.4. The lowest BCUT2D eigenvalue weighted by molar-refractivity contribution is -0.132. The Kier molecular flexibility index (Phi) is 4.39. The van der Waals surface area contributed by atoms with Crippen molar-refractivity contribution in [2.75, 3.05) is 0 Å². The number of aryl methyl sites for hydroxylation is 1. The molecule has 0 fully saturated rings. The van der Waals surface area contributed by atoms with E-state index in [2.05, 4.69) is 11.5 Å². The summed E-state index contributed by atoms with van der Waals surface area (Å²) in [6, 6.07) is 11.6. The van der Waals surface area contributed by atoms with Gasteiger partial charge in [-0.1, -0.05) is 12.1 Å². The number of aliphatic carboxylic acids is 2. The molecule has 5 heteroatoms. The minimum absolute atomic E-state index is 0.800. The Balaban J connectivity index is 2.23. The zero-order valence-corrected chi connectivity index (χ0v) is 13.6. The quantitative estimate of drug-likeness (QED) is 0.691. The molecular weight excluding hydrogens is 318 g/mol. The van der Waals surface area contributed by atoms with Crippen LogP contribution < -0.4 is 0 Å². The summed E-state index contributed by atoms with van der Waals surface area (Å²) in [5.74, 6) is -1.98. The summed E-state index contributed by atoms with van der Waals surface area (Å²) >= 11 is 0. The minimum atomic E-state index is -0.989. The zero-order chi connectivity index (χ0) is 18.0. The molecule has 5 nitrogen and oxygen atoms in total. The Morgan fingerprint density at radius 1 is 0.880 bits per heavy atom. The Bertz CT molecular complexity index is 959. The van der Waals surface area contributed by atoms with Crippen molar-refractivity contribution in [2.24, 2.45) is 0 Å². The van der Waals surface area contributed by atoms with E-state index in [0.29, 0.717) is 0 Å². The highest BCUT2D eigenvalue weighted by Crippen LogP contribution is 2.31. The average molecular weight is 335 g/mol. The largest absolute Gasteiger partial charge is 0.478 e. The van der Waals surface area contributed by atoms with Crippen molar-refractivity contribution in [3.63, 3.8) is 0 Å². The third kappa shape index (κ3) is 3.30. The van der Waals surface area contributed by atoms with Gasteiger partial charge >= 0.3 is 11.9 Å². The summed E-state index contributed by atoms with van der Waals surface area (Å²) in [6.07, 6.45) is 5.35. The zero-order valence-electron chi connectivity index (χ0n) is 13.6. The van der Waals surface area contributed by atoms with Crippen LogP contribution in [-0.4, -0.2) is 26.7 Å². The van der Waals surface area contributed by atoms with Crippen LogP contribution in [-0.2, 0) is 16.1 Å². The van der Waals surface area contributed by atoms with Gasteiger partial charge in [-0.15, -0.1) is 0 Å². The van der Waals surface area contributed by atoms with Crippen LogP contribution in [0.5, 0.6) is 0 Å². The van der Waals surface area contributed by atoms with Crippen molar-refractivity contribution in [3.05, 3.63) is 59.7 Å². The summed E-state index contributed by atoms with van der Waals surface area (Å²) in [7, 11) is 0. The molecule has 3 aromatic rings. The van der Waals surface area contributed by atoms with Gasteiger partial charge in [-0.05, 0) is 54.5 Å². The molecule has 0 aliphatic rings. The van der Waals surface area contributed by atoms with Crippen LogP contribution in [0.1, 0.15) is 18.1 Å². The van der Waals surface area contributed by atoms with E-state index in [1.54, 1.807) is 12.2 Å². The highest BCUT2D eigenvalue weighted by molar-refractivity contribution is 6.09. The molecule has 126 valence electrons. The molecule has 1 aromatic heterocycles. The third-order valence-corrected chi connectivity index (χ3v) is 4.07. The van der Waals surface area contributed by atoms with Crippen molar-refractivity contribution in [1.29, 1.82) is 0 Å². The second-order valence-corrected chi connectivity index (χ2v) is 5.64. The van der Waals surface area contributed by atoms with Crippen LogP contribution in [0.4, 0.5) is 0 Å². The number of carboxylic acid groups (broad SMARTS) is 2. The number of fused-ring (bicyclic) bond motifs is 3. The first kappa shape index (κ1) is 16.5. The van der Waals surface area contributed by atoms with Crippen LogP contribution in [0.3, 0.4) is 0 Å². The Hall–Kier alpha value is -3.34. The summed E-state index contributed by atoms with van der Waals surface area (Å²) in [6.45, 7) is 2.87. The number of carbonyl (C=O) groups is 2. The Labute approximate surface area is 144 Å². The maximum Gasteiger partial charge on any atom is 0.328 e. The first-order valence-corrected chi connectivity index (χ1v) is 7.87. The van der Waals surface area contributed by atoms with Gasteiger partial charge in [0.15, 0.2) is 0 Å². The molecule has 0 radical (unpaired) electrons. The first-order valence-electron chi connectivity index (χ1n) is 7.87. The predicted octanol–water partition coefficient (Wildman–Crippen LogP) is 4.01. The van der Waals surface area contributed by atoms with Gasteiger partial charge in [-0.3, -0.25) is 0 Å². The molecule has 0 atom stereocenters. The fourth-order valence-corrected chi connectivity index (χ4v) is 3.02. The smallest absolute Gasteiger partial charge is 0.328 e. The minimum Gasteiger partial charge on any atom is -0.478 e. The molecule has 0 amide bonds. The molecule has 0 unspecified atom stereocenters. The van der Waals surface area contributed by atoms with Crippen molar-refractivity contribution >= 4 is 45.9 Å². The highest BCUT2D eigenvalue weighted by Gasteiger charge is 2.10. The van der Waals surface area contributed by atoms with E-state index in [1.165, 1.54) is 0 Å². The molecule has 3 rings (SSSR count). The molecule has 2 aromatic carbocycles. The third-order valence-electron chi connectivity index (χ3n) is 4.07. The van der Waals surface area contributed by atoms with Gasteiger partial charge in [-0.25, -0.2) is 9.59 Å². The maximum atomic E-state index is 10.7. The molecule has 25 heavy (non-hydrogen) atoms. The number of nitrogens with zero attached hydrogens (tertiary/aromatic N) is 1. The van der Waals surface area contributed by atoms with E-state index in [4.69, 9.17) is 10.2 Å². The van der Waals surface area contributed by atoms with Crippen molar-refractivity contribution in [1.82, 2.24) is 4.57 Å². The van der Waals surface area contributed by atoms with E-state index in [0.717, 1.165) is 51.6 Å². The van der Waals surface area contributed by atoms with Crippen LogP contribution in [0.15, 0.2) is 48.6 Å². The second kappa shape index (κ2) is 6.65. The fraction of sp³-hybridized carbons (Fsp3) is 0.100. The van der Waals surface area contributed by atoms with Gasteiger partial charge in [0, 0.05) is 40.5 Å². The van der Waals surface area contributed by atoms with E-state index in [-0.39, 0.29) is 0 Å². The summed E-state index contributed by atoms with van der Waals surface area (Å²) < 4.78 is 2.18. The van der Waals surface area contributed by atoms with Crippen LogP contribution >= 0.6 is 0 Å². The van der Waals surface area contributed by atoms with E-state index < -0.39 is 11.9 Å². The summed E-state index contributed by atoms with van der Waals surface area (Å²) in [5.41, 5.74) is 3.72. The molecule has 1 heterocycles. The van der Waals surface area contributed by atoms with Gasteiger partial charge < -0.3 is 14.8 Å². The molecular formula is C20H17NO4. The molecule has 0 aliphatic carbocycles. The molecule has 0 aliphatic heterocycles. The number of hydrogen-bond acceptors (Lipinski definition) is 2. The predicted molar refractivity (Wildman–Crippen MR) is 98.5 cm³/mol. The topological polar surface area (TPSA) is 79.5 Å². The van der Waals surface area contributed by atoms with E-state index in [9.17, 15) is 9.59 Å². The first-order chi connectivity index (χ1) is 12.0.